The monoisotopic (exact) mass is 252 g/mol. The molecule has 2 unspecified atom stereocenters. The highest BCUT2D eigenvalue weighted by Gasteiger charge is 2.20. The fourth-order valence-corrected chi connectivity index (χ4v) is 2.54. The Labute approximate surface area is 109 Å². The zero-order valence-corrected chi connectivity index (χ0v) is 11.4. The second-order valence-electron chi connectivity index (χ2n) is 4.91. The predicted molar refractivity (Wildman–Crippen MR) is 70.5 cm³/mol. The van der Waals surface area contributed by atoms with Gasteiger partial charge in [-0.25, -0.2) is 4.98 Å². The van der Waals surface area contributed by atoms with Crippen molar-refractivity contribution in [3.05, 3.63) is 12.2 Å². The van der Waals surface area contributed by atoms with E-state index < -0.39 is 0 Å². The number of rotatable bonds is 6. The third kappa shape index (κ3) is 3.53. The molecule has 1 aromatic heterocycles. The van der Waals surface area contributed by atoms with Gasteiger partial charge in [0.1, 0.15) is 12.2 Å². The highest BCUT2D eigenvalue weighted by molar-refractivity contribution is 4.90. The fourth-order valence-electron chi connectivity index (χ4n) is 2.54. The minimum Gasteiger partial charge on any atom is -0.378 e. The first-order valence-corrected chi connectivity index (χ1v) is 6.99. The van der Waals surface area contributed by atoms with Crippen LogP contribution < -0.4 is 5.32 Å². The minimum absolute atomic E-state index is 0.411. The largest absolute Gasteiger partial charge is 0.378 e. The summed E-state index contributed by atoms with van der Waals surface area (Å²) in [6.07, 6.45) is 7.74. The molecular formula is C13H24N4O. The molecule has 5 nitrogen and oxygen atoms in total. The number of nitrogens with zero attached hydrogens (tertiary/aromatic N) is 3. The summed E-state index contributed by atoms with van der Waals surface area (Å²) in [5.74, 6) is 1.06. The highest BCUT2D eigenvalue weighted by atomic mass is 16.5. The van der Waals surface area contributed by atoms with Gasteiger partial charge in [-0.2, -0.15) is 5.10 Å². The molecule has 1 aromatic rings. The molecule has 1 aliphatic heterocycles. The molecule has 1 N–H and O–H groups in total. The average Bonchev–Trinajstić information content (AvgIpc) is 2.86. The van der Waals surface area contributed by atoms with Gasteiger partial charge in [0.15, 0.2) is 0 Å². The average molecular weight is 252 g/mol. The fraction of sp³-hybridized carbons (Fsp3) is 0.846. The molecule has 0 aliphatic carbocycles. The predicted octanol–water partition coefficient (Wildman–Crippen LogP) is 1.39. The molecule has 5 heteroatoms. The minimum atomic E-state index is 0.411. The summed E-state index contributed by atoms with van der Waals surface area (Å²) in [4.78, 5) is 4.34. The van der Waals surface area contributed by atoms with Crippen LogP contribution in [-0.4, -0.2) is 40.6 Å². The first-order chi connectivity index (χ1) is 8.83. The van der Waals surface area contributed by atoms with Crippen molar-refractivity contribution in [1.82, 2.24) is 20.1 Å². The molecule has 1 saturated heterocycles. The van der Waals surface area contributed by atoms with Crippen molar-refractivity contribution in [2.75, 3.05) is 13.7 Å². The summed E-state index contributed by atoms with van der Waals surface area (Å²) in [7, 11) is 2.01. The van der Waals surface area contributed by atoms with E-state index in [9.17, 15) is 0 Å². The Kier molecular flexibility index (Phi) is 5.13. The lowest BCUT2D eigenvalue weighted by molar-refractivity contribution is 0.00553. The molecule has 2 heterocycles. The van der Waals surface area contributed by atoms with Gasteiger partial charge in [0, 0.05) is 25.6 Å². The molecule has 0 amide bonds. The van der Waals surface area contributed by atoms with Gasteiger partial charge in [0.2, 0.25) is 0 Å². The van der Waals surface area contributed by atoms with Crippen LogP contribution in [-0.2, 0) is 17.7 Å². The molecule has 102 valence electrons. The molecule has 0 bridgehead atoms. The van der Waals surface area contributed by atoms with Crippen LogP contribution >= 0.6 is 0 Å². The van der Waals surface area contributed by atoms with E-state index in [2.05, 4.69) is 22.3 Å². The normalized spacial score (nSPS) is 22.0. The van der Waals surface area contributed by atoms with E-state index in [1.165, 1.54) is 19.3 Å². The Balaban J connectivity index is 1.88. The molecule has 2 rings (SSSR count). The molecule has 0 radical (unpaired) electrons. The first kappa shape index (κ1) is 13.5. The molecule has 0 saturated carbocycles. The maximum Gasteiger partial charge on any atom is 0.138 e. The summed E-state index contributed by atoms with van der Waals surface area (Å²) in [5, 5.41) is 7.59. The van der Waals surface area contributed by atoms with Crippen LogP contribution in [0.1, 0.15) is 38.4 Å². The lowest BCUT2D eigenvalue weighted by atomic mass is 10.00. The van der Waals surface area contributed by atoms with Crippen molar-refractivity contribution in [2.24, 2.45) is 0 Å². The second-order valence-corrected chi connectivity index (χ2v) is 4.91. The number of hydrogen-bond acceptors (Lipinski definition) is 4. The SMILES string of the molecule is CCn1ncnc1CC(CC1CCCCO1)NC. The summed E-state index contributed by atoms with van der Waals surface area (Å²) in [6.45, 7) is 3.90. The van der Waals surface area contributed by atoms with Crippen molar-refractivity contribution in [3.63, 3.8) is 0 Å². The van der Waals surface area contributed by atoms with E-state index in [-0.39, 0.29) is 0 Å². The number of ether oxygens (including phenoxy) is 1. The Morgan fingerprint density at radius 2 is 2.44 bits per heavy atom. The molecule has 0 spiro atoms. The number of nitrogens with one attached hydrogen (secondary N) is 1. The van der Waals surface area contributed by atoms with Crippen molar-refractivity contribution in [2.45, 2.75) is 57.7 Å². The first-order valence-electron chi connectivity index (χ1n) is 6.99. The molecule has 1 aliphatic rings. The maximum atomic E-state index is 5.80. The zero-order chi connectivity index (χ0) is 12.8. The van der Waals surface area contributed by atoms with E-state index in [0.29, 0.717) is 12.1 Å². The van der Waals surface area contributed by atoms with E-state index in [1.807, 2.05) is 11.7 Å². The van der Waals surface area contributed by atoms with Crippen LogP contribution in [0.15, 0.2) is 6.33 Å². The number of likely N-dealkylation sites (N-methyl/N-ethyl adjacent to an activating group) is 1. The third-order valence-corrected chi connectivity index (χ3v) is 3.65. The van der Waals surface area contributed by atoms with E-state index >= 15 is 0 Å². The summed E-state index contributed by atoms with van der Waals surface area (Å²) in [5.41, 5.74) is 0. The second kappa shape index (κ2) is 6.85. The van der Waals surface area contributed by atoms with Crippen molar-refractivity contribution < 1.29 is 4.74 Å². The van der Waals surface area contributed by atoms with Gasteiger partial charge < -0.3 is 10.1 Å². The number of aryl methyl sites for hydroxylation is 1. The number of hydrogen-bond donors (Lipinski definition) is 1. The molecule has 1 fully saturated rings. The highest BCUT2D eigenvalue weighted by Crippen LogP contribution is 2.18. The van der Waals surface area contributed by atoms with Crippen LogP contribution in [0.2, 0.25) is 0 Å². The summed E-state index contributed by atoms with van der Waals surface area (Å²) < 4.78 is 7.77. The Morgan fingerprint density at radius 3 is 3.11 bits per heavy atom. The van der Waals surface area contributed by atoms with Crippen LogP contribution in [0.3, 0.4) is 0 Å². The number of aromatic nitrogens is 3. The lowest BCUT2D eigenvalue weighted by Gasteiger charge is -2.26. The molecule has 0 aromatic carbocycles. The quantitative estimate of drug-likeness (QED) is 0.831. The van der Waals surface area contributed by atoms with Gasteiger partial charge in [0.25, 0.3) is 0 Å². The molecule has 2 atom stereocenters. The van der Waals surface area contributed by atoms with Crippen LogP contribution in [0.4, 0.5) is 0 Å². The molecule has 18 heavy (non-hydrogen) atoms. The Hall–Kier alpha value is -0.940. The maximum absolute atomic E-state index is 5.80. The van der Waals surface area contributed by atoms with Gasteiger partial charge in [-0.3, -0.25) is 4.68 Å². The van der Waals surface area contributed by atoms with Gasteiger partial charge >= 0.3 is 0 Å². The smallest absolute Gasteiger partial charge is 0.138 e. The molecular weight excluding hydrogens is 228 g/mol. The van der Waals surface area contributed by atoms with Gasteiger partial charge in [-0.15, -0.1) is 0 Å². The van der Waals surface area contributed by atoms with Gasteiger partial charge in [0.05, 0.1) is 6.10 Å². The van der Waals surface area contributed by atoms with Crippen molar-refractivity contribution >= 4 is 0 Å². The van der Waals surface area contributed by atoms with Crippen molar-refractivity contribution in [1.29, 1.82) is 0 Å². The van der Waals surface area contributed by atoms with Gasteiger partial charge in [-0.05, 0) is 39.7 Å². The third-order valence-electron chi connectivity index (χ3n) is 3.65. The van der Waals surface area contributed by atoms with E-state index in [1.54, 1.807) is 6.33 Å². The van der Waals surface area contributed by atoms with Crippen molar-refractivity contribution in [3.8, 4) is 0 Å². The Bertz CT molecular complexity index is 347. The van der Waals surface area contributed by atoms with Gasteiger partial charge in [-0.1, -0.05) is 0 Å². The van der Waals surface area contributed by atoms with Crippen LogP contribution in [0, 0.1) is 0 Å². The Morgan fingerprint density at radius 1 is 1.56 bits per heavy atom. The lowest BCUT2D eigenvalue weighted by Crippen LogP contribution is -2.35. The standard InChI is InChI=1S/C13H24N4O/c1-3-17-13(15-10-16-17)9-11(14-2)8-12-6-4-5-7-18-12/h10-12,14H,3-9H2,1-2H3. The summed E-state index contributed by atoms with van der Waals surface area (Å²) >= 11 is 0. The van der Waals surface area contributed by atoms with Crippen LogP contribution in [0.5, 0.6) is 0 Å². The van der Waals surface area contributed by atoms with Crippen LogP contribution in [0.25, 0.3) is 0 Å². The zero-order valence-electron chi connectivity index (χ0n) is 11.4. The van der Waals surface area contributed by atoms with E-state index in [0.717, 1.165) is 31.8 Å². The summed E-state index contributed by atoms with van der Waals surface area (Å²) in [6, 6.07) is 0.419. The van der Waals surface area contributed by atoms with E-state index in [4.69, 9.17) is 4.74 Å². The topological polar surface area (TPSA) is 52.0 Å².